The van der Waals surface area contributed by atoms with E-state index >= 15 is 0 Å². The summed E-state index contributed by atoms with van der Waals surface area (Å²) in [6.45, 7) is 1.74. The van der Waals surface area contributed by atoms with E-state index in [0.717, 1.165) is 36.2 Å². The number of ether oxygens (including phenoxy) is 1. The van der Waals surface area contributed by atoms with E-state index in [4.69, 9.17) is 27.1 Å². The lowest BCUT2D eigenvalue weighted by atomic mass is 10.1. The number of aromatic nitrogens is 2. The predicted octanol–water partition coefficient (Wildman–Crippen LogP) is 3.41. The van der Waals surface area contributed by atoms with Gasteiger partial charge in [0.15, 0.2) is 0 Å². The molecule has 2 aromatic carbocycles. The van der Waals surface area contributed by atoms with Crippen LogP contribution in [0.2, 0.25) is 5.02 Å². The van der Waals surface area contributed by atoms with E-state index in [1.807, 2.05) is 58.1 Å². The van der Waals surface area contributed by atoms with Gasteiger partial charge in [-0.15, -0.1) is 0 Å². The average molecular weight is 440 g/mol. The summed E-state index contributed by atoms with van der Waals surface area (Å²) in [7, 11) is 1.67. The summed E-state index contributed by atoms with van der Waals surface area (Å²) in [5, 5.41) is 2.59. The Morgan fingerprint density at radius 2 is 2.03 bits per heavy atom. The second-order valence-electron chi connectivity index (χ2n) is 7.54. The number of benzene rings is 2. The van der Waals surface area contributed by atoms with Crippen LogP contribution in [-0.4, -0.2) is 46.8 Å². The van der Waals surface area contributed by atoms with E-state index in [-0.39, 0.29) is 11.9 Å². The molecule has 4 rings (SSSR count). The number of hydrazine groups is 1. The molecule has 1 aliphatic heterocycles. The van der Waals surface area contributed by atoms with Gasteiger partial charge in [0, 0.05) is 42.7 Å². The van der Waals surface area contributed by atoms with Crippen molar-refractivity contribution in [2.24, 2.45) is 5.73 Å². The van der Waals surface area contributed by atoms with Crippen molar-refractivity contribution in [3.8, 4) is 17.1 Å². The lowest BCUT2D eigenvalue weighted by molar-refractivity contribution is 0.0607. The number of amides is 1. The Morgan fingerprint density at radius 1 is 1.26 bits per heavy atom. The Hall–Kier alpha value is -2.71. The van der Waals surface area contributed by atoms with Crippen LogP contribution in [0.25, 0.3) is 17.1 Å². The molecule has 1 aromatic heterocycles. The molecule has 162 valence electrons. The molecule has 0 bridgehead atoms. The van der Waals surface area contributed by atoms with Crippen molar-refractivity contribution >= 4 is 17.5 Å². The van der Waals surface area contributed by atoms with Crippen molar-refractivity contribution in [1.29, 1.82) is 0 Å². The van der Waals surface area contributed by atoms with Crippen LogP contribution < -0.4 is 11.2 Å². The van der Waals surface area contributed by atoms with Gasteiger partial charge < -0.3 is 10.5 Å². The number of hydrogen-bond donors (Lipinski definition) is 2. The third-order valence-corrected chi connectivity index (χ3v) is 5.75. The molecule has 8 heteroatoms. The third kappa shape index (κ3) is 4.65. The van der Waals surface area contributed by atoms with Crippen LogP contribution in [0, 0.1) is 0 Å². The van der Waals surface area contributed by atoms with Crippen LogP contribution >= 0.6 is 11.6 Å². The van der Waals surface area contributed by atoms with Gasteiger partial charge in [0.05, 0.1) is 12.6 Å². The fourth-order valence-electron chi connectivity index (χ4n) is 3.93. The normalized spacial score (nSPS) is 16.5. The van der Waals surface area contributed by atoms with Gasteiger partial charge in [-0.1, -0.05) is 35.9 Å². The molecule has 1 atom stereocenters. The standard InChI is InChI=1S/C23H26ClN5O2/c1-31-15-19-6-4-12-29(19)27-23(30)21-14-28(18-10-8-17(24)9-11-18)22(26-21)20-7-3-2-5-16(20)13-25/h2-3,5,7-11,14,19H,4,6,12-13,15,25H2,1H3,(H,27,30)/t19-/m1/s1. The molecular formula is C23H26ClN5O2. The second kappa shape index (κ2) is 9.62. The highest BCUT2D eigenvalue weighted by Crippen LogP contribution is 2.27. The first-order valence-corrected chi connectivity index (χ1v) is 10.7. The van der Waals surface area contributed by atoms with E-state index in [1.165, 1.54) is 0 Å². The fraction of sp³-hybridized carbons (Fsp3) is 0.304. The number of nitrogens with two attached hydrogens (primary N) is 1. The van der Waals surface area contributed by atoms with Gasteiger partial charge in [-0.2, -0.15) is 0 Å². The molecule has 31 heavy (non-hydrogen) atoms. The molecule has 0 unspecified atom stereocenters. The Labute approximate surface area is 186 Å². The van der Waals surface area contributed by atoms with Crippen molar-refractivity contribution in [2.45, 2.75) is 25.4 Å². The largest absolute Gasteiger partial charge is 0.383 e. The number of rotatable bonds is 7. The number of nitrogens with one attached hydrogen (secondary N) is 1. The van der Waals surface area contributed by atoms with Gasteiger partial charge in [-0.05, 0) is 42.7 Å². The van der Waals surface area contributed by atoms with Crippen molar-refractivity contribution in [2.75, 3.05) is 20.3 Å². The van der Waals surface area contributed by atoms with Crippen molar-refractivity contribution < 1.29 is 9.53 Å². The van der Waals surface area contributed by atoms with E-state index in [0.29, 0.717) is 29.7 Å². The van der Waals surface area contributed by atoms with Crippen LogP contribution in [0.4, 0.5) is 0 Å². The molecule has 1 fully saturated rings. The van der Waals surface area contributed by atoms with Gasteiger partial charge in [-0.3, -0.25) is 14.8 Å². The number of carbonyl (C=O) groups is 1. The molecular weight excluding hydrogens is 414 g/mol. The Balaban J connectivity index is 1.71. The maximum Gasteiger partial charge on any atom is 0.285 e. The summed E-state index contributed by atoms with van der Waals surface area (Å²) in [4.78, 5) is 17.8. The van der Waals surface area contributed by atoms with E-state index in [2.05, 4.69) is 5.43 Å². The first-order chi connectivity index (χ1) is 15.1. The fourth-order valence-corrected chi connectivity index (χ4v) is 4.06. The lowest BCUT2D eigenvalue weighted by Gasteiger charge is -2.23. The molecule has 7 nitrogen and oxygen atoms in total. The molecule has 0 radical (unpaired) electrons. The lowest BCUT2D eigenvalue weighted by Crippen LogP contribution is -2.46. The van der Waals surface area contributed by atoms with E-state index in [1.54, 1.807) is 13.3 Å². The summed E-state index contributed by atoms with van der Waals surface area (Å²) < 4.78 is 7.18. The SMILES string of the molecule is COC[C@H]1CCCN1NC(=O)c1cn(-c2ccc(Cl)cc2)c(-c2ccccc2CN)n1. The van der Waals surface area contributed by atoms with Gasteiger partial charge in [-0.25, -0.2) is 9.99 Å². The van der Waals surface area contributed by atoms with Gasteiger partial charge in [0.25, 0.3) is 5.91 Å². The van der Waals surface area contributed by atoms with Crippen LogP contribution in [0.15, 0.2) is 54.7 Å². The van der Waals surface area contributed by atoms with Crippen molar-refractivity contribution in [1.82, 2.24) is 20.0 Å². The molecule has 1 amide bonds. The minimum atomic E-state index is -0.248. The first-order valence-electron chi connectivity index (χ1n) is 10.3. The monoisotopic (exact) mass is 439 g/mol. The van der Waals surface area contributed by atoms with Crippen LogP contribution in [0.3, 0.4) is 0 Å². The van der Waals surface area contributed by atoms with Gasteiger partial charge in [0.2, 0.25) is 0 Å². The number of halogens is 1. The highest BCUT2D eigenvalue weighted by Gasteiger charge is 2.27. The molecule has 1 aliphatic rings. The van der Waals surface area contributed by atoms with Crippen molar-refractivity contribution in [3.63, 3.8) is 0 Å². The minimum Gasteiger partial charge on any atom is -0.383 e. The smallest absolute Gasteiger partial charge is 0.285 e. The molecule has 0 aliphatic carbocycles. The molecule has 0 saturated carbocycles. The topological polar surface area (TPSA) is 85.4 Å². The number of imidazole rings is 1. The van der Waals surface area contributed by atoms with Crippen molar-refractivity contribution in [3.05, 3.63) is 71.0 Å². The molecule has 0 spiro atoms. The van der Waals surface area contributed by atoms with Gasteiger partial charge >= 0.3 is 0 Å². The summed E-state index contributed by atoms with van der Waals surface area (Å²) >= 11 is 6.07. The maximum atomic E-state index is 13.1. The van der Waals surface area contributed by atoms with Crippen LogP contribution in [0.1, 0.15) is 28.9 Å². The third-order valence-electron chi connectivity index (χ3n) is 5.50. The highest BCUT2D eigenvalue weighted by atomic mass is 35.5. The van der Waals surface area contributed by atoms with Gasteiger partial charge in [0.1, 0.15) is 11.5 Å². The molecule has 2 heterocycles. The molecule has 3 aromatic rings. The number of carbonyl (C=O) groups excluding carboxylic acids is 1. The Morgan fingerprint density at radius 3 is 2.77 bits per heavy atom. The highest BCUT2D eigenvalue weighted by molar-refractivity contribution is 6.30. The average Bonchev–Trinajstić information content (AvgIpc) is 3.42. The number of nitrogens with zero attached hydrogens (tertiary/aromatic N) is 3. The van der Waals surface area contributed by atoms with Crippen LogP contribution in [0.5, 0.6) is 0 Å². The quantitative estimate of drug-likeness (QED) is 0.589. The molecule has 3 N–H and O–H groups in total. The van der Waals surface area contributed by atoms with E-state index < -0.39 is 0 Å². The zero-order chi connectivity index (χ0) is 21.8. The Kier molecular flexibility index (Phi) is 6.67. The first kappa shape index (κ1) is 21.5. The number of methoxy groups -OCH3 is 1. The summed E-state index contributed by atoms with van der Waals surface area (Å²) in [5.41, 5.74) is 12.0. The Bertz CT molecular complexity index is 1050. The number of hydrogen-bond acceptors (Lipinski definition) is 5. The van der Waals surface area contributed by atoms with Crippen LogP contribution in [-0.2, 0) is 11.3 Å². The zero-order valence-electron chi connectivity index (χ0n) is 17.4. The van der Waals surface area contributed by atoms with E-state index in [9.17, 15) is 4.79 Å². The second-order valence-corrected chi connectivity index (χ2v) is 7.98. The summed E-state index contributed by atoms with van der Waals surface area (Å²) in [6, 6.07) is 15.4. The summed E-state index contributed by atoms with van der Waals surface area (Å²) in [6.07, 6.45) is 3.76. The summed E-state index contributed by atoms with van der Waals surface area (Å²) in [5.74, 6) is 0.408. The minimum absolute atomic E-state index is 0.171. The molecule has 1 saturated heterocycles. The predicted molar refractivity (Wildman–Crippen MR) is 121 cm³/mol. The maximum absolute atomic E-state index is 13.1. The zero-order valence-corrected chi connectivity index (χ0v) is 18.2.